The number of pyridine rings is 1. The Bertz CT molecular complexity index is 492. The molecule has 124 valence electrons. The maximum Gasteiger partial charge on any atom is 0.422 e. The molecule has 1 aromatic rings. The normalized spacial score (nSPS) is 13.0. The lowest BCUT2D eigenvalue weighted by Gasteiger charge is -2.18. The molecule has 0 aromatic carbocycles. The van der Waals surface area contributed by atoms with Crippen molar-refractivity contribution in [1.29, 1.82) is 0 Å². The first kappa shape index (κ1) is 18.2. The molecular formula is C14H19F3N2O3. The van der Waals surface area contributed by atoms with Gasteiger partial charge in [-0.2, -0.15) is 13.2 Å². The van der Waals surface area contributed by atoms with Crippen molar-refractivity contribution in [3.63, 3.8) is 0 Å². The van der Waals surface area contributed by atoms with E-state index in [9.17, 15) is 23.1 Å². The summed E-state index contributed by atoms with van der Waals surface area (Å²) in [4.78, 5) is 15.7. The third kappa shape index (κ3) is 6.75. The number of ether oxygens (including phenoxy) is 1. The molecule has 0 radical (unpaired) electrons. The Balaban J connectivity index is 2.69. The van der Waals surface area contributed by atoms with Crippen LogP contribution in [0.15, 0.2) is 18.2 Å². The van der Waals surface area contributed by atoms with Crippen LogP contribution in [0, 0.1) is 5.92 Å². The monoisotopic (exact) mass is 320 g/mol. The summed E-state index contributed by atoms with van der Waals surface area (Å²) >= 11 is 0. The van der Waals surface area contributed by atoms with E-state index in [0.717, 1.165) is 0 Å². The Hall–Kier alpha value is -1.83. The van der Waals surface area contributed by atoms with Crippen molar-refractivity contribution in [3.05, 3.63) is 23.9 Å². The minimum absolute atomic E-state index is 0.0677. The van der Waals surface area contributed by atoms with Crippen molar-refractivity contribution in [2.45, 2.75) is 32.5 Å². The van der Waals surface area contributed by atoms with E-state index in [2.05, 4.69) is 15.0 Å². The molecule has 1 heterocycles. The lowest BCUT2D eigenvalue weighted by atomic mass is 10.0. The minimum atomic E-state index is -4.47. The molecule has 0 spiro atoms. The van der Waals surface area contributed by atoms with E-state index >= 15 is 0 Å². The highest BCUT2D eigenvalue weighted by Gasteiger charge is 2.28. The molecule has 1 aromatic heterocycles. The lowest BCUT2D eigenvalue weighted by Crippen LogP contribution is -2.38. The Labute approximate surface area is 126 Å². The van der Waals surface area contributed by atoms with E-state index in [1.54, 1.807) is 0 Å². The second-order valence-electron chi connectivity index (χ2n) is 5.25. The van der Waals surface area contributed by atoms with E-state index in [0.29, 0.717) is 6.42 Å². The van der Waals surface area contributed by atoms with E-state index in [1.165, 1.54) is 18.2 Å². The largest absolute Gasteiger partial charge is 0.468 e. The average Bonchev–Trinajstić information content (AvgIpc) is 2.43. The zero-order valence-corrected chi connectivity index (χ0v) is 12.4. The number of amides is 1. The van der Waals surface area contributed by atoms with Gasteiger partial charge in [0.15, 0.2) is 6.61 Å². The molecule has 0 saturated carbocycles. The van der Waals surface area contributed by atoms with Gasteiger partial charge in [-0.1, -0.05) is 19.9 Å². The van der Waals surface area contributed by atoms with Crippen LogP contribution in [0.25, 0.3) is 0 Å². The van der Waals surface area contributed by atoms with E-state index < -0.39 is 24.7 Å². The highest BCUT2D eigenvalue weighted by Crippen LogP contribution is 2.17. The molecular weight excluding hydrogens is 301 g/mol. The Morgan fingerprint density at radius 1 is 1.41 bits per heavy atom. The third-order valence-electron chi connectivity index (χ3n) is 2.65. The molecule has 8 heteroatoms. The van der Waals surface area contributed by atoms with Gasteiger partial charge in [0.25, 0.3) is 5.91 Å². The van der Waals surface area contributed by atoms with E-state index in [4.69, 9.17) is 0 Å². The Morgan fingerprint density at radius 3 is 2.64 bits per heavy atom. The fourth-order valence-electron chi connectivity index (χ4n) is 1.78. The molecule has 1 unspecified atom stereocenters. The summed E-state index contributed by atoms with van der Waals surface area (Å²) in [5, 5.41) is 11.8. The van der Waals surface area contributed by atoms with Crippen LogP contribution in [0.4, 0.5) is 13.2 Å². The number of hydrogen-bond donors (Lipinski definition) is 2. The van der Waals surface area contributed by atoms with Crippen LogP contribution in [0.5, 0.6) is 5.88 Å². The smallest absolute Gasteiger partial charge is 0.422 e. The van der Waals surface area contributed by atoms with Crippen molar-refractivity contribution in [1.82, 2.24) is 10.3 Å². The SMILES string of the molecule is CC(C)CC(CO)NC(=O)c1cccc(OCC(F)(F)F)n1. The van der Waals surface area contributed by atoms with Crippen molar-refractivity contribution in [2.24, 2.45) is 5.92 Å². The molecule has 22 heavy (non-hydrogen) atoms. The van der Waals surface area contributed by atoms with Gasteiger partial charge in [-0.3, -0.25) is 4.79 Å². The molecule has 0 aliphatic carbocycles. The first-order valence-corrected chi connectivity index (χ1v) is 6.79. The summed E-state index contributed by atoms with van der Waals surface area (Å²) in [5.41, 5.74) is -0.0677. The summed E-state index contributed by atoms with van der Waals surface area (Å²) in [5.74, 6) is -0.585. The van der Waals surface area contributed by atoms with Crippen LogP contribution < -0.4 is 10.1 Å². The van der Waals surface area contributed by atoms with Crippen LogP contribution in [-0.2, 0) is 0 Å². The van der Waals surface area contributed by atoms with Gasteiger partial charge in [0.1, 0.15) is 5.69 Å². The number of nitrogens with one attached hydrogen (secondary N) is 1. The lowest BCUT2D eigenvalue weighted by molar-refractivity contribution is -0.154. The summed E-state index contributed by atoms with van der Waals surface area (Å²) in [6.45, 7) is 2.18. The van der Waals surface area contributed by atoms with Gasteiger partial charge in [-0.25, -0.2) is 4.98 Å². The first-order valence-electron chi connectivity index (χ1n) is 6.79. The van der Waals surface area contributed by atoms with Crippen molar-refractivity contribution >= 4 is 5.91 Å². The third-order valence-corrected chi connectivity index (χ3v) is 2.65. The van der Waals surface area contributed by atoms with E-state index in [-0.39, 0.29) is 24.1 Å². The Morgan fingerprint density at radius 2 is 2.09 bits per heavy atom. The number of rotatable bonds is 7. The van der Waals surface area contributed by atoms with Crippen LogP contribution in [0.2, 0.25) is 0 Å². The zero-order chi connectivity index (χ0) is 16.8. The number of nitrogens with zero attached hydrogens (tertiary/aromatic N) is 1. The number of aliphatic hydroxyl groups excluding tert-OH is 1. The van der Waals surface area contributed by atoms with E-state index in [1.807, 2.05) is 13.8 Å². The van der Waals surface area contributed by atoms with Crippen LogP contribution in [-0.4, -0.2) is 41.4 Å². The topological polar surface area (TPSA) is 71.5 Å². The minimum Gasteiger partial charge on any atom is -0.468 e. The number of carbonyl (C=O) groups is 1. The molecule has 0 aliphatic rings. The number of hydrogen-bond acceptors (Lipinski definition) is 4. The number of aliphatic hydroxyl groups is 1. The number of carbonyl (C=O) groups excluding carboxylic acids is 1. The molecule has 0 saturated heterocycles. The predicted molar refractivity (Wildman–Crippen MR) is 73.6 cm³/mol. The molecule has 0 fully saturated rings. The standard InChI is InChI=1S/C14H19F3N2O3/c1-9(2)6-10(7-20)18-13(21)11-4-3-5-12(19-11)22-8-14(15,16)17/h3-5,9-10,20H,6-8H2,1-2H3,(H,18,21). The fourth-order valence-corrected chi connectivity index (χ4v) is 1.78. The van der Waals surface area contributed by atoms with Gasteiger partial charge in [-0.05, 0) is 18.4 Å². The molecule has 2 N–H and O–H groups in total. The maximum atomic E-state index is 12.1. The van der Waals surface area contributed by atoms with Crippen molar-refractivity contribution in [3.8, 4) is 5.88 Å². The first-order chi connectivity index (χ1) is 10.2. The maximum absolute atomic E-state index is 12.1. The van der Waals surface area contributed by atoms with Crippen LogP contribution >= 0.6 is 0 Å². The van der Waals surface area contributed by atoms with Gasteiger partial charge in [0.05, 0.1) is 12.6 Å². The summed E-state index contributed by atoms with van der Waals surface area (Å²) < 4.78 is 40.7. The van der Waals surface area contributed by atoms with Crippen LogP contribution in [0.3, 0.4) is 0 Å². The van der Waals surface area contributed by atoms with Gasteiger partial charge >= 0.3 is 6.18 Å². The summed E-state index contributed by atoms with van der Waals surface area (Å²) in [6, 6.07) is 3.54. The molecule has 1 amide bonds. The van der Waals surface area contributed by atoms with Gasteiger partial charge in [-0.15, -0.1) is 0 Å². The molecule has 1 rings (SSSR count). The molecule has 0 aliphatic heterocycles. The van der Waals surface area contributed by atoms with Gasteiger partial charge < -0.3 is 15.2 Å². The second kappa shape index (κ2) is 7.98. The summed E-state index contributed by atoms with van der Waals surface area (Å²) in [6.07, 6.45) is -3.90. The van der Waals surface area contributed by atoms with Crippen LogP contribution in [0.1, 0.15) is 30.8 Å². The molecule has 0 bridgehead atoms. The predicted octanol–water partition coefficient (Wildman–Crippen LogP) is 2.16. The number of aromatic nitrogens is 1. The fraction of sp³-hybridized carbons (Fsp3) is 0.571. The molecule has 1 atom stereocenters. The van der Waals surface area contributed by atoms with Crippen molar-refractivity contribution < 1.29 is 27.8 Å². The highest BCUT2D eigenvalue weighted by atomic mass is 19.4. The van der Waals surface area contributed by atoms with Crippen molar-refractivity contribution in [2.75, 3.05) is 13.2 Å². The second-order valence-corrected chi connectivity index (χ2v) is 5.25. The van der Waals surface area contributed by atoms with Gasteiger partial charge in [0.2, 0.25) is 5.88 Å². The quantitative estimate of drug-likeness (QED) is 0.807. The Kier molecular flexibility index (Phi) is 6.61. The van der Waals surface area contributed by atoms with Gasteiger partial charge in [0, 0.05) is 6.07 Å². The molecule has 5 nitrogen and oxygen atoms in total. The summed E-state index contributed by atoms with van der Waals surface area (Å²) in [7, 11) is 0. The number of alkyl halides is 3. The number of halogens is 3. The highest BCUT2D eigenvalue weighted by molar-refractivity contribution is 5.92. The average molecular weight is 320 g/mol. The zero-order valence-electron chi connectivity index (χ0n) is 12.4.